The number of anilines is 1. The van der Waals surface area contributed by atoms with Gasteiger partial charge in [-0.25, -0.2) is 0 Å². The highest BCUT2D eigenvalue weighted by atomic mass is 79.9. The monoisotopic (exact) mass is 393 g/mol. The number of benzene rings is 1. The lowest BCUT2D eigenvalue weighted by atomic mass is 9.84. The Kier molecular flexibility index (Phi) is 3.73. The maximum atomic E-state index is 13.1. The van der Waals surface area contributed by atoms with Crippen molar-refractivity contribution in [2.75, 3.05) is 18.5 Å². The Bertz CT molecular complexity index is 735. The second-order valence-electron chi connectivity index (χ2n) is 7.09. The summed E-state index contributed by atoms with van der Waals surface area (Å²) in [4.78, 5) is 26.8. The summed E-state index contributed by atoms with van der Waals surface area (Å²) in [5, 5.41) is 3.10. The SMILES string of the molecule is CCOC(=O)[C@H]1C[C@]2(C(=O)Nc3c(C)cc(Br)cc32)[NH+]2CCC[C@H]12. The number of quaternary nitrogens is 1. The lowest BCUT2D eigenvalue weighted by Gasteiger charge is -2.29. The van der Waals surface area contributed by atoms with Gasteiger partial charge in [-0.3, -0.25) is 9.59 Å². The fourth-order valence-corrected chi connectivity index (χ4v) is 5.63. The van der Waals surface area contributed by atoms with Gasteiger partial charge in [0.25, 0.3) is 5.91 Å². The molecule has 1 aromatic carbocycles. The van der Waals surface area contributed by atoms with Crippen LogP contribution in [0.5, 0.6) is 0 Å². The van der Waals surface area contributed by atoms with E-state index in [1.54, 1.807) is 0 Å². The fourth-order valence-electron chi connectivity index (χ4n) is 5.06. The summed E-state index contributed by atoms with van der Waals surface area (Å²) in [5.41, 5.74) is 2.36. The number of amides is 1. The molecule has 1 amide bonds. The Balaban J connectivity index is 1.84. The molecular formula is C18H22BrN2O3+. The second kappa shape index (κ2) is 5.56. The first-order valence-electron chi connectivity index (χ1n) is 8.64. The zero-order valence-electron chi connectivity index (χ0n) is 13.9. The van der Waals surface area contributed by atoms with E-state index >= 15 is 0 Å². The smallest absolute Gasteiger partial charge is 0.315 e. The Hall–Kier alpha value is -1.40. The van der Waals surface area contributed by atoms with Gasteiger partial charge in [0.15, 0.2) is 0 Å². The standard InChI is InChI=1S/C18H21BrN2O3/c1-3-24-16(22)12-9-18(21-6-4-5-14(12)21)13-8-11(19)7-10(2)15(13)20-17(18)23/h7-8,12,14H,3-6,9H2,1-2H3,(H,20,23)/p+1/t12-,14+,18-/m0/s1. The Morgan fingerprint density at radius 1 is 1.50 bits per heavy atom. The van der Waals surface area contributed by atoms with E-state index in [-0.39, 0.29) is 23.8 Å². The first kappa shape index (κ1) is 16.1. The van der Waals surface area contributed by atoms with Crippen molar-refractivity contribution >= 4 is 33.5 Å². The number of fused-ring (bicyclic) bond motifs is 4. The molecule has 0 aromatic heterocycles. The van der Waals surface area contributed by atoms with Gasteiger partial charge in [-0.1, -0.05) is 15.9 Å². The third-order valence-corrected chi connectivity index (χ3v) is 6.40. The molecule has 5 nitrogen and oxygen atoms in total. The molecule has 3 heterocycles. The van der Waals surface area contributed by atoms with Crippen molar-refractivity contribution in [1.82, 2.24) is 0 Å². The van der Waals surface area contributed by atoms with Crippen molar-refractivity contribution in [3.05, 3.63) is 27.7 Å². The zero-order chi connectivity index (χ0) is 17.1. The van der Waals surface area contributed by atoms with Gasteiger partial charge in [-0.15, -0.1) is 0 Å². The van der Waals surface area contributed by atoms with Crippen molar-refractivity contribution < 1.29 is 19.2 Å². The molecule has 0 aliphatic carbocycles. The predicted molar refractivity (Wildman–Crippen MR) is 92.8 cm³/mol. The van der Waals surface area contributed by atoms with Crippen LogP contribution in [0.2, 0.25) is 0 Å². The van der Waals surface area contributed by atoms with Crippen LogP contribution in [0.15, 0.2) is 16.6 Å². The van der Waals surface area contributed by atoms with E-state index in [1.807, 2.05) is 19.9 Å². The number of carbonyl (C=O) groups excluding carboxylic acids is 2. The molecular weight excluding hydrogens is 372 g/mol. The average Bonchev–Trinajstić information content (AvgIpc) is 3.17. The normalized spacial score (nSPS) is 33.5. The van der Waals surface area contributed by atoms with Crippen LogP contribution in [0.25, 0.3) is 0 Å². The first-order chi connectivity index (χ1) is 11.5. The van der Waals surface area contributed by atoms with Gasteiger partial charge in [0.2, 0.25) is 5.54 Å². The highest BCUT2D eigenvalue weighted by Gasteiger charge is 2.67. The summed E-state index contributed by atoms with van der Waals surface area (Å²) in [5.74, 6) is -0.308. The molecule has 6 heteroatoms. The minimum atomic E-state index is -0.650. The number of esters is 1. The molecule has 4 rings (SSSR count). The number of halogens is 1. The van der Waals surface area contributed by atoms with Crippen molar-refractivity contribution in [3.8, 4) is 0 Å². The van der Waals surface area contributed by atoms with Crippen LogP contribution in [0.4, 0.5) is 5.69 Å². The van der Waals surface area contributed by atoms with Gasteiger partial charge >= 0.3 is 5.97 Å². The molecule has 128 valence electrons. The molecule has 2 saturated heterocycles. The van der Waals surface area contributed by atoms with Gasteiger partial charge in [0, 0.05) is 29.3 Å². The molecule has 0 radical (unpaired) electrons. The highest BCUT2D eigenvalue weighted by Crippen LogP contribution is 2.46. The van der Waals surface area contributed by atoms with Crippen LogP contribution in [-0.2, 0) is 19.9 Å². The molecule has 1 spiro atoms. The van der Waals surface area contributed by atoms with E-state index in [0.29, 0.717) is 13.0 Å². The molecule has 3 aliphatic heterocycles. The van der Waals surface area contributed by atoms with Gasteiger partial charge in [0.1, 0.15) is 12.0 Å². The molecule has 1 unspecified atom stereocenters. The lowest BCUT2D eigenvalue weighted by molar-refractivity contribution is -0.947. The number of hydrogen-bond donors (Lipinski definition) is 2. The quantitative estimate of drug-likeness (QED) is 0.749. The van der Waals surface area contributed by atoms with Crippen LogP contribution in [0.3, 0.4) is 0 Å². The third kappa shape index (κ3) is 2.02. The summed E-state index contributed by atoms with van der Waals surface area (Å²) in [6, 6.07) is 4.25. The number of rotatable bonds is 2. The van der Waals surface area contributed by atoms with E-state index in [4.69, 9.17) is 4.74 Å². The topological polar surface area (TPSA) is 59.8 Å². The molecule has 2 N–H and O–H groups in total. The number of ether oxygens (including phenoxy) is 1. The van der Waals surface area contributed by atoms with Crippen LogP contribution >= 0.6 is 15.9 Å². The van der Waals surface area contributed by atoms with Gasteiger partial charge in [0.05, 0.1) is 18.8 Å². The maximum absolute atomic E-state index is 13.1. The van der Waals surface area contributed by atoms with E-state index < -0.39 is 5.54 Å². The van der Waals surface area contributed by atoms with E-state index in [2.05, 4.69) is 27.3 Å². The van der Waals surface area contributed by atoms with Crippen LogP contribution < -0.4 is 10.2 Å². The van der Waals surface area contributed by atoms with Gasteiger partial charge < -0.3 is 15.0 Å². The van der Waals surface area contributed by atoms with Crippen LogP contribution in [0.1, 0.15) is 37.3 Å². The summed E-state index contributed by atoms with van der Waals surface area (Å²) in [6.07, 6.45) is 2.57. The van der Waals surface area contributed by atoms with E-state index in [0.717, 1.165) is 40.7 Å². The highest BCUT2D eigenvalue weighted by molar-refractivity contribution is 9.10. The minimum absolute atomic E-state index is 0.0346. The summed E-state index contributed by atoms with van der Waals surface area (Å²) >= 11 is 3.57. The molecule has 4 atom stereocenters. The predicted octanol–water partition coefficient (Wildman–Crippen LogP) is 1.54. The number of carbonyl (C=O) groups is 2. The lowest BCUT2D eigenvalue weighted by Crippen LogP contribution is -3.19. The van der Waals surface area contributed by atoms with Crippen LogP contribution in [0, 0.1) is 12.8 Å². The van der Waals surface area contributed by atoms with Crippen molar-refractivity contribution in [2.45, 2.75) is 44.7 Å². The molecule has 2 fully saturated rings. The summed E-state index contributed by atoms with van der Waals surface area (Å²) < 4.78 is 6.29. The van der Waals surface area contributed by atoms with E-state index in [1.165, 1.54) is 4.90 Å². The molecule has 1 aromatic rings. The Morgan fingerprint density at radius 3 is 3.04 bits per heavy atom. The largest absolute Gasteiger partial charge is 0.466 e. The van der Waals surface area contributed by atoms with Crippen LogP contribution in [-0.4, -0.2) is 31.1 Å². The summed E-state index contributed by atoms with van der Waals surface area (Å²) in [6.45, 7) is 5.16. The first-order valence-corrected chi connectivity index (χ1v) is 9.43. The Labute approximate surface area is 149 Å². The van der Waals surface area contributed by atoms with Gasteiger partial charge in [-0.05, 0) is 31.5 Å². The number of aryl methyl sites for hydroxylation is 1. The van der Waals surface area contributed by atoms with E-state index in [9.17, 15) is 9.59 Å². The maximum Gasteiger partial charge on any atom is 0.315 e. The van der Waals surface area contributed by atoms with Crippen molar-refractivity contribution in [2.24, 2.45) is 5.92 Å². The zero-order valence-corrected chi connectivity index (χ0v) is 15.5. The Morgan fingerprint density at radius 2 is 2.29 bits per heavy atom. The molecule has 24 heavy (non-hydrogen) atoms. The average molecular weight is 394 g/mol. The third-order valence-electron chi connectivity index (χ3n) is 5.94. The molecule has 3 aliphatic rings. The summed E-state index contributed by atoms with van der Waals surface area (Å²) in [7, 11) is 0. The number of nitrogens with one attached hydrogen (secondary N) is 2. The number of hydrogen-bond acceptors (Lipinski definition) is 3. The fraction of sp³-hybridized carbons (Fsp3) is 0.556. The van der Waals surface area contributed by atoms with Crippen molar-refractivity contribution in [1.29, 1.82) is 0 Å². The molecule has 0 bridgehead atoms. The van der Waals surface area contributed by atoms with Crippen molar-refractivity contribution in [3.63, 3.8) is 0 Å². The minimum Gasteiger partial charge on any atom is -0.466 e. The molecule has 0 saturated carbocycles. The second-order valence-corrected chi connectivity index (χ2v) is 8.01. The van der Waals surface area contributed by atoms with Gasteiger partial charge in [-0.2, -0.15) is 0 Å².